The molecule has 1 amide bonds. The van der Waals surface area contributed by atoms with E-state index in [0.29, 0.717) is 5.70 Å². The van der Waals surface area contributed by atoms with Gasteiger partial charge in [-0.25, -0.2) is 0 Å². The Kier molecular flexibility index (Phi) is 3.96. The van der Waals surface area contributed by atoms with Crippen LogP contribution in [0.2, 0.25) is 0 Å². The monoisotopic (exact) mass is 137 g/mol. The predicted molar refractivity (Wildman–Crippen MR) is 42.3 cm³/mol. The molecular weight excluding hydrogens is 126 g/mol. The maximum atomic E-state index is 10.5. The van der Waals surface area contributed by atoms with Gasteiger partial charge in [0.15, 0.2) is 0 Å². The molecule has 0 atom stereocenters. The number of hydrogen-bond acceptors (Lipinski definition) is 1. The van der Waals surface area contributed by atoms with Crippen molar-refractivity contribution in [3.05, 3.63) is 37.1 Å². The van der Waals surface area contributed by atoms with Crippen LogP contribution in [0.25, 0.3) is 0 Å². The molecule has 54 valence electrons. The molecule has 0 unspecified atom stereocenters. The molecule has 0 saturated heterocycles. The van der Waals surface area contributed by atoms with Gasteiger partial charge in [0.1, 0.15) is 0 Å². The first-order chi connectivity index (χ1) is 4.70. The standard InChI is InChI=1S/C8H11NO/c1-4-6-8(5-2)9-7(3)10/h4-6H,1-2H2,3H3,(H,9,10). The van der Waals surface area contributed by atoms with Gasteiger partial charge in [-0.15, -0.1) is 0 Å². The predicted octanol–water partition coefficient (Wildman–Crippen LogP) is 1.38. The average molecular weight is 137 g/mol. The van der Waals surface area contributed by atoms with Crippen LogP contribution in [0.15, 0.2) is 37.1 Å². The molecule has 0 aromatic heterocycles. The van der Waals surface area contributed by atoms with E-state index < -0.39 is 0 Å². The molecule has 0 heterocycles. The van der Waals surface area contributed by atoms with E-state index >= 15 is 0 Å². The second-order valence-electron chi connectivity index (χ2n) is 1.74. The van der Waals surface area contributed by atoms with E-state index in [2.05, 4.69) is 18.5 Å². The van der Waals surface area contributed by atoms with E-state index in [4.69, 9.17) is 0 Å². The third-order valence-electron chi connectivity index (χ3n) is 0.838. The fourth-order valence-corrected chi connectivity index (χ4v) is 0.491. The summed E-state index contributed by atoms with van der Waals surface area (Å²) in [6.45, 7) is 8.43. The average Bonchev–Trinajstić information content (AvgIpc) is 1.86. The number of hydrogen-bond donors (Lipinski definition) is 1. The Bertz CT molecular complexity index is 180. The summed E-state index contributed by atoms with van der Waals surface area (Å²) in [6, 6.07) is 0. The topological polar surface area (TPSA) is 29.1 Å². The van der Waals surface area contributed by atoms with Crippen LogP contribution in [0, 0.1) is 0 Å². The Morgan fingerprint density at radius 2 is 2.10 bits per heavy atom. The molecule has 0 aromatic carbocycles. The maximum Gasteiger partial charge on any atom is 0.221 e. The molecule has 0 aliphatic heterocycles. The number of carbonyl (C=O) groups excluding carboxylic acids is 1. The van der Waals surface area contributed by atoms with Crippen LogP contribution in [0.1, 0.15) is 6.92 Å². The number of allylic oxidation sites excluding steroid dienone is 3. The first kappa shape index (κ1) is 8.69. The Morgan fingerprint density at radius 3 is 2.40 bits per heavy atom. The lowest BCUT2D eigenvalue weighted by Crippen LogP contribution is -2.17. The first-order valence-electron chi connectivity index (χ1n) is 2.93. The van der Waals surface area contributed by atoms with E-state index in [1.807, 2.05) is 0 Å². The molecule has 0 aromatic rings. The van der Waals surface area contributed by atoms with E-state index in [0.717, 1.165) is 0 Å². The summed E-state index contributed by atoms with van der Waals surface area (Å²) in [5.74, 6) is -0.104. The van der Waals surface area contributed by atoms with Gasteiger partial charge in [-0.05, 0) is 12.2 Å². The maximum absolute atomic E-state index is 10.5. The van der Waals surface area contributed by atoms with Crippen molar-refractivity contribution in [2.24, 2.45) is 0 Å². The molecule has 0 radical (unpaired) electrons. The highest BCUT2D eigenvalue weighted by molar-refractivity contribution is 5.75. The van der Waals surface area contributed by atoms with Gasteiger partial charge in [-0.1, -0.05) is 19.2 Å². The van der Waals surface area contributed by atoms with Gasteiger partial charge in [-0.2, -0.15) is 0 Å². The molecule has 2 nitrogen and oxygen atoms in total. The fraction of sp³-hybridized carbons (Fsp3) is 0.125. The van der Waals surface area contributed by atoms with E-state index in [-0.39, 0.29) is 5.91 Å². The highest BCUT2D eigenvalue weighted by Crippen LogP contribution is 1.89. The molecule has 0 spiro atoms. The van der Waals surface area contributed by atoms with Gasteiger partial charge >= 0.3 is 0 Å². The zero-order valence-electron chi connectivity index (χ0n) is 6.05. The number of carbonyl (C=O) groups is 1. The third-order valence-corrected chi connectivity index (χ3v) is 0.838. The van der Waals surface area contributed by atoms with Crippen molar-refractivity contribution in [3.63, 3.8) is 0 Å². The smallest absolute Gasteiger partial charge is 0.221 e. The van der Waals surface area contributed by atoms with Gasteiger partial charge in [0.05, 0.1) is 0 Å². The summed E-state index contributed by atoms with van der Waals surface area (Å²) in [7, 11) is 0. The van der Waals surface area contributed by atoms with Crippen molar-refractivity contribution >= 4 is 5.91 Å². The van der Waals surface area contributed by atoms with Crippen LogP contribution in [-0.2, 0) is 4.79 Å². The van der Waals surface area contributed by atoms with E-state index in [9.17, 15) is 4.79 Å². The summed E-state index contributed by atoms with van der Waals surface area (Å²) >= 11 is 0. The summed E-state index contributed by atoms with van der Waals surface area (Å²) in [6.07, 6.45) is 4.82. The number of rotatable bonds is 3. The van der Waals surface area contributed by atoms with Crippen molar-refractivity contribution in [3.8, 4) is 0 Å². The number of nitrogens with one attached hydrogen (secondary N) is 1. The van der Waals surface area contributed by atoms with Crippen molar-refractivity contribution < 1.29 is 4.79 Å². The summed E-state index contributed by atoms with van der Waals surface area (Å²) in [5, 5.41) is 2.56. The van der Waals surface area contributed by atoms with Crippen LogP contribution in [0.4, 0.5) is 0 Å². The molecule has 0 saturated carbocycles. The Labute approximate surface area is 60.9 Å². The molecule has 0 fully saturated rings. The minimum Gasteiger partial charge on any atom is -0.326 e. The number of amides is 1. The largest absolute Gasteiger partial charge is 0.326 e. The molecule has 0 aliphatic carbocycles. The second kappa shape index (κ2) is 4.56. The van der Waals surface area contributed by atoms with Gasteiger partial charge in [0.25, 0.3) is 0 Å². The van der Waals surface area contributed by atoms with Crippen LogP contribution in [0.3, 0.4) is 0 Å². The van der Waals surface area contributed by atoms with Crippen LogP contribution < -0.4 is 5.32 Å². The summed E-state index contributed by atoms with van der Waals surface area (Å²) in [4.78, 5) is 10.5. The molecule has 1 N–H and O–H groups in total. The highest BCUT2D eigenvalue weighted by atomic mass is 16.1. The minimum absolute atomic E-state index is 0.104. The molecule has 0 aliphatic rings. The molecule has 0 bridgehead atoms. The van der Waals surface area contributed by atoms with Gasteiger partial charge < -0.3 is 5.32 Å². The Hall–Kier alpha value is -1.31. The minimum atomic E-state index is -0.104. The van der Waals surface area contributed by atoms with Gasteiger partial charge in [0, 0.05) is 12.6 Å². The normalized spacial score (nSPS) is 10.3. The molecular formula is C8H11NO. The Morgan fingerprint density at radius 1 is 1.50 bits per heavy atom. The van der Waals surface area contributed by atoms with Gasteiger partial charge in [0.2, 0.25) is 5.91 Å². The Balaban J connectivity index is 4.08. The first-order valence-corrected chi connectivity index (χ1v) is 2.93. The third kappa shape index (κ3) is 3.66. The van der Waals surface area contributed by atoms with E-state index in [1.54, 1.807) is 18.2 Å². The van der Waals surface area contributed by atoms with Crippen LogP contribution in [0.5, 0.6) is 0 Å². The fourth-order valence-electron chi connectivity index (χ4n) is 0.491. The zero-order chi connectivity index (χ0) is 7.98. The van der Waals surface area contributed by atoms with Crippen LogP contribution in [-0.4, -0.2) is 5.91 Å². The van der Waals surface area contributed by atoms with Crippen LogP contribution >= 0.6 is 0 Å². The highest BCUT2D eigenvalue weighted by Gasteiger charge is 1.90. The van der Waals surface area contributed by atoms with Crippen molar-refractivity contribution in [1.82, 2.24) is 5.32 Å². The van der Waals surface area contributed by atoms with Gasteiger partial charge in [-0.3, -0.25) is 4.79 Å². The van der Waals surface area contributed by atoms with Crippen molar-refractivity contribution in [2.45, 2.75) is 6.92 Å². The molecule has 0 rings (SSSR count). The lowest BCUT2D eigenvalue weighted by Gasteiger charge is -1.98. The lowest BCUT2D eigenvalue weighted by atomic mass is 10.4. The van der Waals surface area contributed by atoms with Crippen molar-refractivity contribution in [2.75, 3.05) is 0 Å². The SMILES string of the molecule is C=CC=C(C=C)NC(C)=O. The lowest BCUT2D eigenvalue weighted by molar-refractivity contribution is -0.118. The van der Waals surface area contributed by atoms with E-state index in [1.165, 1.54) is 6.92 Å². The quantitative estimate of drug-likeness (QED) is 0.585. The summed E-state index contributed by atoms with van der Waals surface area (Å²) < 4.78 is 0. The second-order valence-corrected chi connectivity index (χ2v) is 1.74. The van der Waals surface area contributed by atoms with Crippen molar-refractivity contribution in [1.29, 1.82) is 0 Å². The molecule has 10 heavy (non-hydrogen) atoms. The zero-order valence-corrected chi connectivity index (χ0v) is 6.05. The molecule has 2 heteroatoms. The summed E-state index contributed by atoms with van der Waals surface area (Å²) in [5.41, 5.74) is 0.669.